The molecule has 0 aliphatic carbocycles. The molecule has 0 bridgehead atoms. The van der Waals surface area contributed by atoms with Crippen molar-refractivity contribution >= 4 is 39.8 Å². The van der Waals surface area contributed by atoms with E-state index in [9.17, 15) is 4.79 Å². The zero-order valence-corrected chi connectivity index (χ0v) is 15.3. The Balaban J connectivity index is 2.57. The topological polar surface area (TPSA) is 77.8 Å². The summed E-state index contributed by atoms with van der Waals surface area (Å²) in [6.45, 7) is 10.7. The second-order valence-corrected chi connectivity index (χ2v) is 7.78. The minimum atomic E-state index is -0.476. The van der Waals surface area contributed by atoms with Crippen LogP contribution >= 0.6 is 23.4 Å². The minimum Gasteiger partial charge on any atom is -0.444 e. The number of halogens is 1. The van der Waals surface area contributed by atoms with E-state index in [4.69, 9.17) is 21.7 Å². The molecule has 1 unspecified atom stereocenters. The third kappa shape index (κ3) is 6.44. The number of rotatable bonds is 4. The van der Waals surface area contributed by atoms with Crippen molar-refractivity contribution in [2.75, 3.05) is 18.8 Å². The molecule has 6 nitrogen and oxygen atoms in total. The first-order valence-electron chi connectivity index (χ1n) is 7.31. The van der Waals surface area contributed by atoms with Crippen LogP contribution < -0.4 is 5.32 Å². The Hall–Kier alpha value is -0.950. The Morgan fingerprint density at radius 1 is 1.55 bits per heavy atom. The predicted molar refractivity (Wildman–Crippen MR) is 93.0 cm³/mol. The van der Waals surface area contributed by atoms with Gasteiger partial charge >= 0.3 is 6.09 Å². The molecule has 1 atom stereocenters. The van der Waals surface area contributed by atoms with E-state index in [-0.39, 0.29) is 23.5 Å². The number of aliphatic imine (C=N–C) groups is 1. The average Bonchev–Trinajstić information content (AvgIpc) is 2.22. The molecular weight excluding hydrogens is 324 g/mol. The molecule has 0 aromatic carbocycles. The summed E-state index contributed by atoms with van der Waals surface area (Å²) in [6.07, 6.45) is -0.534. The van der Waals surface area contributed by atoms with Crippen molar-refractivity contribution in [1.82, 2.24) is 10.2 Å². The summed E-state index contributed by atoms with van der Waals surface area (Å²) in [5.41, 5.74) is -0.476. The van der Waals surface area contributed by atoms with E-state index < -0.39 is 5.60 Å². The fourth-order valence-electron chi connectivity index (χ4n) is 1.93. The predicted octanol–water partition coefficient (Wildman–Crippen LogP) is 3.11. The van der Waals surface area contributed by atoms with Crippen LogP contribution in [0.4, 0.5) is 4.79 Å². The lowest BCUT2D eigenvalue weighted by molar-refractivity contribution is 0.00719. The number of likely N-dealkylation sites (tertiary alicyclic amines) is 1. The summed E-state index contributed by atoms with van der Waals surface area (Å²) in [6, 6.07) is 0. The van der Waals surface area contributed by atoms with E-state index in [0.717, 1.165) is 10.8 Å². The van der Waals surface area contributed by atoms with Crippen molar-refractivity contribution in [1.29, 1.82) is 5.41 Å². The van der Waals surface area contributed by atoms with E-state index in [1.165, 1.54) is 0 Å². The lowest BCUT2D eigenvalue weighted by atomic mass is 10.0. The van der Waals surface area contributed by atoms with Gasteiger partial charge in [-0.25, -0.2) is 4.79 Å². The van der Waals surface area contributed by atoms with Gasteiger partial charge in [-0.15, -0.1) is 11.8 Å². The van der Waals surface area contributed by atoms with Crippen LogP contribution in [-0.4, -0.2) is 51.9 Å². The van der Waals surface area contributed by atoms with Gasteiger partial charge in [0, 0.05) is 19.0 Å². The molecule has 1 saturated heterocycles. The van der Waals surface area contributed by atoms with Gasteiger partial charge in [-0.3, -0.25) is 10.4 Å². The normalized spacial score (nSPS) is 17.7. The summed E-state index contributed by atoms with van der Waals surface area (Å²) in [5.74, 6) is 1.14. The Labute approximate surface area is 141 Å². The molecule has 0 radical (unpaired) electrons. The first-order chi connectivity index (χ1) is 10.1. The molecule has 1 fully saturated rings. The van der Waals surface area contributed by atoms with E-state index in [1.807, 2.05) is 27.7 Å². The number of nitrogens with zero attached hydrogens (tertiary/aromatic N) is 2. The van der Waals surface area contributed by atoms with Gasteiger partial charge in [-0.05, 0) is 45.0 Å². The van der Waals surface area contributed by atoms with E-state index >= 15 is 0 Å². The molecule has 1 heterocycles. The monoisotopic (exact) mass is 348 g/mol. The molecule has 1 aliphatic heterocycles. The van der Waals surface area contributed by atoms with Crippen LogP contribution in [-0.2, 0) is 4.74 Å². The van der Waals surface area contributed by atoms with E-state index in [2.05, 4.69) is 17.2 Å². The quantitative estimate of drug-likeness (QED) is 0.465. The van der Waals surface area contributed by atoms with Gasteiger partial charge in [0.2, 0.25) is 0 Å². The molecule has 8 heteroatoms. The molecular formula is C14H25ClN4O2S. The van der Waals surface area contributed by atoms with Crippen LogP contribution in [0.1, 0.15) is 34.6 Å². The molecule has 0 spiro atoms. The lowest BCUT2D eigenvalue weighted by Crippen LogP contribution is -2.54. The summed E-state index contributed by atoms with van der Waals surface area (Å²) >= 11 is 7.17. The zero-order valence-electron chi connectivity index (χ0n) is 13.8. The van der Waals surface area contributed by atoms with Crippen LogP contribution in [0.2, 0.25) is 0 Å². The molecule has 1 aliphatic rings. The van der Waals surface area contributed by atoms with Gasteiger partial charge < -0.3 is 15.0 Å². The molecule has 126 valence electrons. The van der Waals surface area contributed by atoms with Crippen molar-refractivity contribution < 1.29 is 9.53 Å². The molecule has 22 heavy (non-hydrogen) atoms. The van der Waals surface area contributed by atoms with Crippen LogP contribution in [0.25, 0.3) is 0 Å². The molecule has 2 N–H and O–H groups in total. The summed E-state index contributed by atoms with van der Waals surface area (Å²) < 4.78 is 5.35. The van der Waals surface area contributed by atoms with Gasteiger partial charge in [-0.1, -0.05) is 6.92 Å². The SMILES string of the molecule is CCS/C(=N\C(C)NC(=N)Cl)C1CN(C(=O)OC(C)(C)C)C1. The Morgan fingerprint density at radius 3 is 2.59 bits per heavy atom. The van der Waals surface area contributed by atoms with Crippen LogP contribution in [0.5, 0.6) is 0 Å². The second kappa shape index (κ2) is 8.06. The van der Waals surface area contributed by atoms with Gasteiger partial charge in [-0.2, -0.15) is 0 Å². The van der Waals surface area contributed by atoms with Gasteiger partial charge in [0.1, 0.15) is 11.8 Å². The maximum atomic E-state index is 11.9. The van der Waals surface area contributed by atoms with Gasteiger partial charge in [0.25, 0.3) is 0 Å². The molecule has 0 aromatic rings. The number of ether oxygens (including phenoxy) is 1. The number of amides is 1. The second-order valence-electron chi connectivity index (χ2n) is 6.12. The maximum absolute atomic E-state index is 11.9. The summed E-state index contributed by atoms with van der Waals surface area (Å²) in [5, 5.41) is 10.8. The van der Waals surface area contributed by atoms with Gasteiger partial charge in [0.15, 0.2) is 5.29 Å². The highest BCUT2D eigenvalue weighted by Crippen LogP contribution is 2.25. The first-order valence-corrected chi connectivity index (χ1v) is 8.67. The highest BCUT2D eigenvalue weighted by atomic mass is 35.5. The van der Waals surface area contributed by atoms with Crippen molar-refractivity contribution in [3.8, 4) is 0 Å². The maximum Gasteiger partial charge on any atom is 0.410 e. The number of carbonyl (C=O) groups excluding carboxylic acids is 1. The van der Waals surface area contributed by atoms with E-state index in [0.29, 0.717) is 13.1 Å². The third-order valence-corrected chi connectivity index (χ3v) is 3.96. The molecule has 0 aromatic heterocycles. The molecule has 1 rings (SSSR count). The van der Waals surface area contributed by atoms with Crippen molar-refractivity contribution in [3.05, 3.63) is 0 Å². The summed E-state index contributed by atoms with van der Waals surface area (Å²) in [4.78, 5) is 18.2. The molecule has 1 amide bonds. The van der Waals surface area contributed by atoms with Crippen LogP contribution in [0.15, 0.2) is 4.99 Å². The fraction of sp³-hybridized carbons (Fsp3) is 0.786. The van der Waals surface area contributed by atoms with Crippen molar-refractivity contribution in [2.24, 2.45) is 10.9 Å². The molecule has 0 saturated carbocycles. The smallest absolute Gasteiger partial charge is 0.410 e. The lowest BCUT2D eigenvalue weighted by Gasteiger charge is -2.40. The number of hydrogen-bond acceptors (Lipinski definition) is 5. The van der Waals surface area contributed by atoms with Crippen molar-refractivity contribution in [3.63, 3.8) is 0 Å². The average molecular weight is 349 g/mol. The van der Waals surface area contributed by atoms with Crippen molar-refractivity contribution in [2.45, 2.75) is 46.4 Å². The standard InChI is InChI=1S/C14H25ClN4O2S/c1-6-22-11(17-9(2)18-12(15)16)10-7-19(8-10)13(20)21-14(3,4)5/h9-10H,6-8H2,1-5H3,(H2,16,18)/b17-11-. The summed E-state index contributed by atoms with van der Waals surface area (Å²) in [7, 11) is 0. The first kappa shape index (κ1) is 19.1. The number of thioether (sulfide) groups is 1. The highest BCUT2D eigenvalue weighted by Gasteiger charge is 2.36. The van der Waals surface area contributed by atoms with Crippen LogP contribution in [0, 0.1) is 11.3 Å². The largest absolute Gasteiger partial charge is 0.444 e. The third-order valence-electron chi connectivity index (χ3n) is 2.83. The Morgan fingerprint density at radius 2 is 2.14 bits per heavy atom. The van der Waals surface area contributed by atoms with Crippen LogP contribution in [0.3, 0.4) is 0 Å². The Kier molecular flexibility index (Phi) is 6.99. The fourth-order valence-corrected chi connectivity index (χ4v) is 3.00. The van der Waals surface area contributed by atoms with Gasteiger partial charge in [0.05, 0.1) is 5.04 Å². The number of amidine groups is 1. The minimum absolute atomic E-state index is 0.124. The number of hydrogen-bond donors (Lipinski definition) is 2. The Bertz CT molecular complexity index is 445. The number of carbonyl (C=O) groups is 1. The zero-order chi connectivity index (χ0) is 16.9. The highest BCUT2D eigenvalue weighted by molar-refractivity contribution is 8.13. The number of nitrogens with one attached hydrogen (secondary N) is 2. The van der Waals surface area contributed by atoms with E-state index in [1.54, 1.807) is 16.7 Å².